The fourth-order valence-corrected chi connectivity index (χ4v) is 3.92. The molecule has 3 rings (SSSR count). The minimum Gasteiger partial charge on any atom is -0.393 e. The molecule has 0 atom stereocenters. The molecule has 0 aromatic carbocycles. The highest BCUT2D eigenvalue weighted by atomic mass is 32.1. The number of aryl methyl sites for hydroxylation is 1. The second-order valence-corrected chi connectivity index (χ2v) is 6.64. The van der Waals surface area contributed by atoms with E-state index >= 15 is 0 Å². The Bertz CT molecular complexity index is 745. The molecule has 1 saturated carbocycles. The first-order valence-electron chi connectivity index (χ1n) is 6.87. The van der Waals surface area contributed by atoms with Crippen molar-refractivity contribution in [1.82, 2.24) is 14.9 Å². The fourth-order valence-electron chi connectivity index (χ4n) is 2.78. The number of fused-ring (bicyclic) bond motifs is 1. The maximum absolute atomic E-state index is 12.5. The minimum absolute atomic E-state index is 0.0868. The van der Waals surface area contributed by atoms with E-state index in [2.05, 4.69) is 9.97 Å². The first kappa shape index (κ1) is 14.2. The molecule has 2 aromatic heterocycles. The van der Waals surface area contributed by atoms with E-state index < -0.39 is 0 Å². The van der Waals surface area contributed by atoms with Crippen molar-refractivity contribution in [1.29, 1.82) is 0 Å². The van der Waals surface area contributed by atoms with Gasteiger partial charge in [0.2, 0.25) is 0 Å². The molecule has 0 spiro atoms. The predicted octanol–water partition coefficient (Wildman–Crippen LogP) is 1.14. The van der Waals surface area contributed by atoms with Crippen molar-refractivity contribution in [2.45, 2.75) is 25.9 Å². The van der Waals surface area contributed by atoms with E-state index in [1.165, 1.54) is 17.7 Å². The Kier molecular flexibility index (Phi) is 3.54. The van der Waals surface area contributed by atoms with E-state index in [9.17, 15) is 14.7 Å². The van der Waals surface area contributed by atoms with Crippen molar-refractivity contribution in [3.63, 3.8) is 0 Å². The Morgan fingerprint density at radius 3 is 2.90 bits per heavy atom. The number of aromatic amines is 1. The molecule has 0 bridgehead atoms. The average molecular weight is 307 g/mol. The summed E-state index contributed by atoms with van der Waals surface area (Å²) >= 11 is 1.26. The molecule has 0 unspecified atom stereocenters. The van der Waals surface area contributed by atoms with E-state index in [0.717, 1.165) is 12.8 Å². The molecule has 1 amide bonds. The van der Waals surface area contributed by atoms with Crippen molar-refractivity contribution in [2.75, 3.05) is 13.6 Å². The van der Waals surface area contributed by atoms with Crippen LogP contribution in [0.15, 0.2) is 11.1 Å². The van der Waals surface area contributed by atoms with Gasteiger partial charge in [-0.25, -0.2) is 4.98 Å². The molecule has 0 saturated heterocycles. The largest absolute Gasteiger partial charge is 0.393 e. The maximum atomic E-state index is 12.5. The fraction of sp³-hybridized carbons (Fsp3) is 0.500. The number of aromatic nitrogens is 2. The van der Waals surface area contributed by atoms with Crippen LogP contribution in [-0.4, -0.2) is 45.6 Å². The lowest BCUT2D eigenvalue weighted by atomic mass is 9.82. The van der Waals surface area contributed by atoms with Crippen LogP contribution in [0.25, 0.3) is 10.2 Å². The molecule has 1 aliphatic rings. The normalized spacial score (nSPS) is 21.3. The number of nitrogens with one attached hydrogen (secondary N) is 1. The highest BCUT2D eigenvalue weighted by Gasteiger charge is 2.30. The molecule has 1 aliphatic carbocycles. The van der Waals surface area contributed by atoms with Gasteiger partial charge < -0.3 is 15.0 Å². The summed E-state index contributed by atoms with van der Waals surface area (Å²) in [5.41, 5.74) is 0.479. The Labute approximate surface area is 125 Å². The van der Waals surface area contributed by atoms with Crippen molar-refractivity contribution < 1.29 is 9.90 Å². The number of amides is 1. The van der Waals surface area contributed by atoms with Gasteiger partial charge in [0.1, 0.15) is 4.83 Å². The van der Waals surface area contributed by atoms with Crippen molar-refractivity contribution in [3.8, 4) is 0 Å². The summed E-state index contributed by atoms with van der Waals surface area (Å²) in [6.07, 6.45) is 2.65. The topological polar surface area (TPSA) is 86.3 Å². The van der Waals surface area contributed by atoms with Crippen LogP contribution in [0.3, 0.4) is 0 Å². The van der Waals surface area contributed by atoms with Crippen LogP contribution in [-0.2, 0) is 0 Å². The number of thiophene rings is 1. The van der Waals surface area contributed by atoms with Crippen LogP contribution < -0.4 is 5.56 Å². The van der Waals surface area contributed by atoms with Crippen molar-refractivity contribution in [3.05, 3.63) is 27.1 Å². The third kappa shape index (κ3) is 2.47. The van der Waals surface area contributed by atoms with Gasteiger partial charge in [0.25, 0.3) is 11.5 Å². The number of nitrogens with zero attached hydrogens (tertiary/aromatic N) is 2. The smallest absolute Gasteiger partial charge is 0.264 e. The van der Waals surface area contributed by atoms with Crippen LogP contribution >= 0.6 is 11.3 Å². The number of carbonyl (C=O) groups is 1. The summed E-state index contributed by atoms with van der Waals surface area (Å²) in [5, 5.41) is 9.81. The van der Waals surface area contributed by atoms with Gasteiger partial charge in [0, 0.05) is 13.6 Å². The molecule has 2 aromatic rings. The molecule has 6 nitrogen and oxygen atoms in total. The van der Waals surface area contributed by atoms with Crippen LogP contribution in [0.4, 0.5) is 0 Å². The highest BCUT2D eigenvalue weighted by Crippen LogP contribution is 2.30. The number of carbonyl (C=O) groups excluding carboxylic acids is 1. The second-order valence-electron chi connectivity index (χ2n) is 5.64. The third-order valence-electron chi connectivity index (χ3n) is 4.02. The SMILES string of the molecule is Cc1c(C(=O)N(C)CC2CC(O)C2)sc2nc[nH]c(=O)c12. The summed E-state index contributed by atoms with van der Waals surface area (Å²) in [5.74, 6) is 0.279. The van der Waals surface area contributed by atoms with E-state index in [-0.39, 0.29) is 17.6 Å². The lowest BCUT2D eigenvalue weighted by Gasteiger charge is -2.34. The third-order valence-corrected chi connectivity index (χ3v) is 5.20. The van der Waals surface area contributed by atoms with Crippen LogP contribution in [0, 0.1) is 12.8 Å². The molecule has 2 N–H and O–H groups in total. The van der Waals surface area contributed by atoms with Gasteiger partial charge in [-0.2, -0.15) is 0 Å². The number of H-pyrrole nitrogens is 1. The summed E-state index contributed by atoms with van der Waals surface area (Å²) < 4.78 is 0. The van der Waals surface area contributed by atoms with E-state index in [0.29, 0.717) is 33.1 Å². The molecular weight excluding hydrogens is 290 g/mol. The number of aliphatic hydroxyl groups excluding tert-OH is 1. The van der Waals surface area contributed by atoms with Crippen molar-refractivity contribution in [2.24, 2.45) is 5.92 Å². The summed E-state index contributed by atoms with van der Waals surface area (Å²) in [7, 11) is 1.76. The first-order chi connectivity index (χ1) is 9.97. The average Bonchev–Trinajstić information content (AvgIpc) is 2.74. The molecule has 7 heteroatoms. The zero-order chi connectivity index (χ0) is 15.1. The summed E-state index contributed by atoms with van der Waals surface area (Å²) in [6.45, 7) is 2.41. The standard InChI is InChI=1S/C14H17N3O3S/c1-7-10-12(19)15-6-16-13(10)21-11(7)14(20)17(2)5-8-3-9(18)4-8/h6,8-9,18H,3-5H2,1-2H3,(H,15,16,19). The van der Waals surface area contributed by atoms with Gasteiger partial charge in [-0.3, -0.25) is 9.59 Å². The second kappa shape index (κ2) is 5.23. The van der Waals surface area contributed by atoms with Gasteiger partial charge in [-0.1, -0.05) is 0 Å². The van der Waals surface area contributed by atoms with Crippen LogP contribution in [0.5, 0.6) is 0 Å². The molecule has 0 radical (unpaired) electrons. The predicted molar refractivity (Wildman–Crippen MR) is 80.7 cm³/mol. The van der Waals surface area contributed by atoms with Gasteiger partial charge >= 0.3 is 0 Å². The monoisotopic (exact) mass is 307 g/mol. The van der Waals surface area contributed by atoms with Crippen molar-refractivity contribution >= 4 is 27.5 Å². The van der Waals surface area contributed by atoms with Gasteiger partial charge in [0.05, 0.1) is 22.7 Å². The molecule has 112 valence electrons. The van der Waals surface area contributed by atoms with E-state index in [1.807, 2.05) is 0 Å². The zero-order valence-corrected chi connectivity index (χ0v) is 12.7. The Balaban J connectivity index is 1.86. The molecule has 0 aliphatic heterocycles. The van der Waals surface area contributed by atoms with Gasteiger partial charge in [-0.15, -0.1) is 11.3 Å². The number of aliphatic hydroxyl groups is 1. The van der Waals surface area contributed by atoms with Crippen LogP contribution in [0.2, 0.25) is 0 Å². The van der Waals surface area contributed by atoms with Crippen LogP contribution in [0.1, 0.15) is 28.1 Å². The number of hydrogen-bond acceptors (Lipinski definition) is 5. The van der Waals surface area contributed by atoms with Gasteiger partial charge in [-0.05, 0) is 31.2 Å². The Morgan fingerprint density at radius 2 is 2.29 bits per heavy atom. The molecular formula is C14H17N3O3S. The summed E-state index contributed by atoms with van der Waals surface area (Å²) in [6, 6.07) is 0. The first-order valence-corrected chi connectivity index (χ1v) is 7.69. The summed E-state index contributed by atoms with van der Waals surface area (Å²) in [4.78, 5) is 33.9. The van der Waals surface area contributed by atoms with Gasteiger partial charge in [0.15, 0.2) is 0 Å². The highest BCUT2D eigenvalue weighted by molar-refractivity contribution is 7.20. The molecule has 1 fully saturated rings. The number of hydrogen-bond donors (Lipinski definition) is 2. The zero-order valence-electron chi connectivity index (χ0n) is 11.9. The quantitative estimate of drug-likeness (QED) is 0.890. The maximum Gasteiger partial charge on any atom is 0.264 e. The molecule has 21 heavy (non-hydrogen) atoms. The lowest BCUT2D eigenvalue weighted by molar-refractivity contribution is 0.0266. The number of rotatable bonds is 3. The van der Waals surface area contributed by atoms with E-state index in [1.54, 1.807) is 18.9 Å². The Hall–Kier alpha value is -1.73. The molecule has 2 heterocycles. The van der Waals surface area contributed by atoms with E-state index in [4.69, 9.17) is 0 Å². The lowest BCUT2D eigenvalue weighted by Crippen LogP contribution is -2.39. The Morgan fingerprint density at radius 1 is 1.57 bits per heavy atom. The minimum atomic E-state index is -0.215.